The van der Waals surface area contributed by atoms with E-state index < -0.39 is 0 Å². The van der Waals surface area contributed by atoms with E-state index in [2.05, 4.69) is 43.1 Å². The molecule has 0 aliphatic carbocycles. The van der Waals surface area contributed by atoms with Crippen LogP contribution in [0.5, 0.6) is 0 Å². The molecule has 2 aliphatic heterocycles. The van der Waals surface area contributed by atoms with Crippen LogP contribution in [0.25, 0.3) is 0 Å². The number of piperidine rings is 1. The molecule has 0 aromatic heterocycles. The number of nitrogens with one attached hydrogen (secondary N) is 1. The SMILES string of the molecule is CC1CN(CC2(C)CCCNC2)CC1N(C)C. The average Bonchev–Trinajstić information content (AvgIpc) is 2.59. The Kier molecular flexibility index (Phi) is 4.11. The maximum atomic E-state index is 3.56. The molecule has 17 heavy (non-hydrogen) atoms. The van der Waals surface area contributed by atoms with Crippen LogP contribution < -0.4 is 5.32 Å². The topological polar surface area (TPSA) is 18.5 Å². The van der Waals surface area contributed by atoms with E-state index >= 15 is 0 Å². The minimum Gasteiger partial charge on any atom is -0.316 e. The maximum Gasteiger partial charge on any atom is 0.0254 e. The molecular weight excluding hydrogens is 210 g/mol. The number of hydrogen-bond acceptors (Lipinski definition) is 3. The van der Waals surface area contributed by atoms with Crippen LogP contribution >= 0.6 is 0 Å². The van der Waals surface area contributed by atoms with Gasteiger partial charge in [0, 0.05) is 32.2 Å². The van der Waals surface area contributed by atoms with Gasteiger partial charge < -0.3 is 15.1 Å². The Morgan fingerprint density at radius 1 is 1.35 bits per heavy atom. The molecule has 3 nitrogen and oxygen atoms in total. The van der Waals surface area contributed by atoms with Gasteiger partial charge in [-0.2, -0.15) is 0 Å². The molecule has 3 heteroatoms. The average molecular weight is 239 g/mol. The molecule has 0 aromatic carbocycles. The number of likely N-dealkylation sites (tertiary alicyclic amines) is 1. The molecule has 2 rings (SSSR count). The van der Waals surface area contributed by atoms with Crippen LogP contribution in [0.15, 0.2) is 0 Å². The fraction of sp³-hybridized carbons (Fsp3) is 1.00. The minimum absolute atomic E-state index is 0.499. The normalized spacial score (nSPS) is 40.1. The Labute approximate surface area is 107 Å². The van der Waals surface area contributed by atoms with Crippen LogP contribution in [0.1, 0.15) is 26.7 Å². The zero-order valence-electron chi connectivity index (χ0n) is 12.0. The lowest BCUT2D eigenvalue weighted by Crippen LogP contribution is -2.45. The standard InChI is InChI=1S/C14H29N3/c1-12-8-17(9-13(12)16(3)4)11-14(2)6-5-7-15-10-14/h12-13,15H,5-11H2,1-4H3. The van der Waals surface area contributed by atoms with Crippen molar-refractivity contribution in [2.24, 2.45) is 11.3 Å². The van der Waals surface area contributed by atoms with Crippen molar-refractivity contribution < 1.29 is 0 Å². The zero-order chi connectivity index (χ0) is 12.5. The monoisotopic (exact) mass is 239 g/mol. The van der Waals surface area contributed by atoms with Crippen LogP contribution in [0.3, 0.4) is 0 Å². The van der Waals surface area contributed by atoms with Gasteiger partial charge in [0.1, 0.15) is 0 Å². The molecule has 0 amide bonds. The summed E-state index contributed by atoms with van der Waals surface area (Å²) < 4.78 is 0. The first-order chi connectivity index (χ1) is 8.00. The zero-order valence-corrected chi connectivity index (χ0v) is 12.0. The van der Waals surface area contributed by atoms with Crippen LogP contribution in [0, 0.1) is 11.3 Å². The lowest BCUT2D eigenvalue weighted by Gasteiger charge is -2.37. The van der Waals surface area contributed by atoms with Gasteiger partial charge in [-0.25, -0.2) is 0 Å². The maximum absolute atomic E-state index is 3.56. The Balaban J connectivity index is 1.88. The van der Waals surface area contributed by atoms with Crippen molar-refractivity contribution in [2.75, 3.05) is 46.8 Å². The highest BCUT2D eigenvalue weighted by atomic mass is 15.2. The summed E-state index contributed by atoms with van der Waals surface area (Å²) in [7, 11) is 4.43. The van der Waals surface area contributed by atoms with Crippen LogP contribution in [0.2, 0.25) is 0 Å². The lowest BCUT2D eigenvalue weighted by molar-refractivity contribution is 0.145. The molecule has 2 saturated heterocycles. The first-order valence-electron chi connectivity index (χ1n) is 7.10. The molecule has 0 saturated carbocycles. The highest BCUT2D eigenvalue weighted by Gasteiger charge is 2.35. The summed E-state index contributed by atoms with van der Waals surface area (Å²) in [6.45, 7) is 11.1. The molecular formula is C14H29N3. The van der Waals surface area contributed by atoms with E-state index in [1.54, 1.807) is 0 Å². The van der Waals surface area contributed by atoms with Crippen LogP contribution in [0.4, 0.5) is 0 Å². The highest BCUT2D eigenvalue weighted by molar-refractivity contribution is 4.91. The summed E-state index contributed by atoms with van der Waals surface area (Å²) in [6, 6.07) is 0.746. The lowest BCUT2D eigenvalue weighted by atomic mass is 9.82. The van der Waals surface area contributed by atoms with Gasteiger partial charge in [0.25, 0.3) is 0 Å². The second-order valence-corrected chi connectivity index (χ2v) is 6.79. The van der Waals surface area contributed by atoms with E-state index in [-0.39, 0.29) is 0 Å². The third-order valence-electron chi connectivity index (χ3n) is 4.60. The van der Waals surface area contributed by atoms with Gasteiger partial charge in [-0.1, -0.05) is 13.8 Å². The van der Waals surface area contributed by atoms with Crippen molar-refractivity contribution in [3.05, 3.63) is 0 Å². The van der Waals surface area contributed by atoms with Gasteiger partial charge in [-0.15, -0.1) is 0 Å². The molecule has 100 valence electrons. The summed E-state index contributed by atoms with van der Waals surface area (Å²) in [6.07, 6.45) is 2.73. The summed E-state index contributed by atoms with van der Waals surface area (Å²) in [5.74, 6) is 0.810. The Morgan fingerprint density at radius 3 is 2.65 bits per heavy atom. The first-order valence-corrected chi connectivity index (χ1v) is 7.10. The van der Waals surface area contributed by atoms with Crippen molar-refractivity contribution in [1.29, 1.82) is 0 Å². The summed E-state index contributed by atoms with van der Waals surface area (Å²) in [5.41, 5.74) is 0.499. The molecule has 2 fully saturated rings. The molecule has 0 aromatic rings. The molecule has 0 bridgehead atoms. The van der Waals surface area contributed by atoms with E-state index in [4.69, 9.17) is 0 Å². The van der Waals surface area contributed by atoms with Gasteiger partial charge in [0.05, 0.1) is 0 Å². The Hall–Kier alpha value is -0.120. The molecule has 2 aliphatic rings. The molecule has 1 N–H and O–H groups in total. The number of likely N-dealkylation sites (N-methyl/N-ethyl adjacent to an activating group) is 1. The van der Waals surface area contributed by atoms with E-state index in [9.17, 15) is 0 Å². The largest absolute Gasteiger partial charge is 0.316 e. The van der Waals surface area contributed by atoms with Gasteiger partial charge in [0.2, 0.25) is 0 Å². The number of rotatable bonds is 3. The third-order valence-corrected chi connectivity index (χ3v) is 4.60. The number of hydrogen-bond donors (Lipinski definition) is 1. The van der Waals surface area contributed by atoms with Crippen molar-refractivity contribution >= 4 is 0 Å². The predicted octanol–water partition coefficient (Wildman–Crippen LogP) is 1.26. The van der Waals surface area contributed by atoms with E-state index in [0.717, 1.165) is 12.0 Å². The Morgan fingerprint density at radius 2 is 2.12 bits per heavy atom. The minimum atomic E-state index is 0.499. The van der Waals surface area contributed by atoms with E-state index in [1.807, 2.05) is 0 Å². The molecule has 2 heterocycles. The van der Waals surface area contributed by atoms with Gasteiger partial charge >= 0.3 is 0 Å². The Bertz CT molecular complexity index is 246. The fourth-order valence-electron chi connectivity index (χ4n) is 3.64. The van der Waals surface area contributed by atoms with Crippen molar-refractivity contribution in [3.63, 3.8) is 0 Å². The molecule has 3 atom stereocenters. The van der Waals surface area contributed by atoms with Gasteiger partial charge in [-0.05, 0) is 44.8 Å². The fourth-order valence-corrected chi connectivity index (χ4v) is 3.64. The van der Waals surface area contributed by atoms with Crippen molar-refractivity contribution in [1.82, 2.24) is 15.1 Å². The van der Waals surface area contributed by atoms with Crippen molar-refractivity contribution in [2.45, 2.75) is 32.7 Å². The summed E-state index contributed by atoms with van der Waals surface area (Å²) in [4.78, 5) is 5.08. The summed E-state index contributed by atoms with van der Waals surface area (Å²) in [5, 5.41) is 3.56. The molecule has 0 radical (unpaired) electrons. The second-order valence-electron chi connectivity index (χ2n) is 6.79. The molecule has 3 unspecified atom stereocenters. The predicted molar refractivity (Wildman–Crippen MR) is 73.3 cm³/mol. The smallest absolute Gasteiger partial charge is 0.0254 e. The summed E-state index contributed by atoms with van der Waals surface area (Å²) >= 11 is 0. The van der Waals surface area contributed by atoms with Gasteiger partial charge in [0.15, 0.2) is 0 Å². The van der Waals surface area contributed by atoms with Crippen LogP contribution in [-0.2, 0) is 0 Å². The quantitative estimate of drug-likeness (QED) is 0.800. The van der Waals surface area contributed by atoms with Gasteiger partial charge in [-0.3, -0.25) is 0 Å². The third kappa shape index (κ3) is 3.21. The second kappa shape index (κ2) is 5.25. The van der Waals surface area contributed by atoms with Crippen molar-refractivity contribution in [3.8, 4) is 0 Å². The van der Waals surface area contributed by atoms with E-state index in [0.29, 0.717) is 5.41 Å². The van der Waals surface area contributed by atoms with E-state index in [1.165, 1.54) is 45.6 Å². The first kappa shape index (κ1) is 13.3. The highest BCUT2D eigenvalue weighted by Crippen LogP contribution is 2.29. The molecule has 0 spiro atoms. The van der Waals surface area contributed by atoms with Crippen LogP contribution in [-0.4, -0.2) is 62.7 Å². The number of nitrogens with zero attached hydrogens (tertiary/aromatic N) is 2.